The van der Waals surface area contributed by atoms with Gasteiger partial charge in [-0.3, -0.25) is 4.57 Å². The molecular weight excluding hydrogens is 295 g/mol. The second-order valence-corrected chi connectivity index (χ2v) is 5.44. The molecule has 0 atom stereocenters. The van der Waals surface area contributed by atoms with Crippen molar-refractivity contribution in [3.63, 3.8) is 0 Å². The number of hydrogen-bond donors (Lipinski definition) is 2. The quantitative estimate of drug-likeness (QED) is 0.896. The molecule has 1 aliphatic rings. The Morgan fingerprint density at radius 2 is 1.91 bits per heavy atom. The Balaban J connectivity index is 1.94. The minimum Gasteiger partial charge on any atom is -0.317 e. The number of aromatic nitrogens is 2. The zero-order chi connectivity index (χ0) is 15.7. The van der Waals surface area contributed by atoms with Crippen molar-refractivity contribution in [1.82, 2.24) is 14.9 Å². The highest BCUT2D eigenvalue weighted by Gasteiger charge is 2.30. The summed E-state index contributed by atoms with van der Waals surface area (Å²) in [6.07, 6.45) is -1.11. The third-order valence-corrected chi connectivity index (χ3v) is 3.95. The fourth-order valence-electron chi connectivity index (χ4n) is 2.78. The number of nitrogens with one attached hydrogen (secondary N) is 2. The predicted octanol–water partition coefficient (Wildman–Crippen LogP) is 2.79. The van der Waals surface area contributed by atoms with Crippen molar-refractivity contribution in [1.29, 1.82) is 0 Å². The maximum Gasteiger partial charge on any atom is 0.416 e. The standard InChI is InChI=1S/C15H16F3N3O/c16-15(17,18)11-3-1-2-10(8-11)13-9-21(14(22)20-13)12-4-6-19-7-5-12/h1-3,8-9,12,19H,4-7H2,(H,20,22). The van der Waals surface area contributed by atoms with Gasteiger partial charge in [0.05, 0.1) is 11.3 Å². The van der Waals surface area contributed by atoms with Gasteiger partial charge in [-0.25, -0.2) is 4.79 Å². The summed E-state index contributed by atoms with van der Waals surface area (Å²) in [5.41, 5.74) is -0.228. The Bertz CT molecular complexity index is 711. The lowest BCUT2D eigenvalue weighted by Gasteiger charge is -2.22. The minimum absolute atomic E-state index is 0.0875. The average molecular weight is 311 g/mol. The van der Waals surface area contributed by atoms with Crippen LogP contribution < -0.4 is 11.0 Å². The van der Waals surface area contributed by atoms with Crippen LogP contribution in [0.3, 0.4) is 0 Å². The second-order valence-electron chi connectivity index (χ2n) is 5.44. The predicted molar refractivity (Wildman–Crippen MR) is 76.6 cm³/mol. The molecule has 1 saturated heterocycles. The Morgan fingerprint density at radius 3 is 2.59 bits per heavy atom. The van der Waals surface area contributed by atoms with Crippen molar-refractivity contribution in [3.8, 4) is 11.3 Å². The van der Waals surface area contributed by atoms with Gasteiger partial charge in [0, 0.05) is 17.8 Å². The Labute approximate surface area is 125 Å². The van der Waals surface area contributed by atoms with Gasteiger partial charge >= 0.3 is 11.9 Å². The largest absolute Gasteiger partial charge is 0.416 e. The number of piperidine rings is 1. The molecule has 0 saturated carbocycles. The number of H-pyrrole nitrogens is 1. The normalized spacial score (nSPS) is 16.9. The number of nitrogens with zero attached hydrogens (tertiary/aromatic N) is 1. The highest BCUT2D eigenvalue weighted by atomic mass is 19.4. The van der Waals surface area contributed by atoms with Crippen LogP contribution in [0.4, 0.5) is 13.2 Å². The maximum absolute atomic E-state index is 12.8. The highest BCUT2D eigenvalue weighted by molar-refractivity contribution is 5.59. The van der Waals surface area contributed by atoms with Gasteiger partial charge in [-0.05, 0) is 38.1 Å². The molecular formula is C15H16F3N3O. The SMILES string of the molecule is O=c1[nH]c(-c2cccc(C(F)(F)F)c2)cn1C1CCNCC1. The van der Waals surface area contributed by atoms with Gasteiger partial charge in [-0.1, -0.05) is 12.1 Å². The van der Waals surface area contributed by atoms with E-state index in [1.807, 2.05) is 0 Å². The van der Waals surface area contributed by atoms with E-state index in [9.17, 15) is 18.0 Å². The molecule has 118 valence electrons. The number of alkyl halides is 3. The van der Waals surface area contributed by atoms with E-state index in [1.165, 1.54) is 6.07 Å². The number of halogens is 3. The van der Waals surface area contributed by atoms with Crippen molar-refractivity contribution in [3.05, 3.63) is 46.5 Å². The van der Waals surface area contributed by atoms with Gasteiger partial charge in [0.2, 0.25) is 0 Å². The monoisotopic (exact) mass is 311 g/mol. The molecule has 2 aromatic rings. The molecule has 22 heavy (non-hydrogen) atoms. The van der Waals surface area contributed by atoms with E-state index in [1.54, 1.807) is 16.8 Å². The van der Waals surface area contributed by atoms with Crippen molar-refractivity contribution in [2.75, 3.05) is 13.1 Å². The average Bonchev–Trinajstić information content (AvgIpc) is 2.89. The number of aromatic amines is 1. The van der Waals surface area contributed by atoms with Gasteiger partial charge in [0.25, 0.3) is 0 Å². The smallest absolute Gasteiger partial charge is 0.317 e. The first-order valence-electron chi connectivity index (χ1n) is 7.14. The fraction of sp³-hybridized carbons (Fsp3) is 0.400. The summed E-state index contributed by atoms with van der Waals surface area (Å²) in [6.45, 7) is 1.67. The van der Waals surface area contributed by atoms with Gasteiger partial charge in [0.1, 0.15) is 0 Å². The molecule has 7 heteroatoms. The number of imidazole rings is 1. The van der Waals surface area contributed by atoms with Crippen LogP contribution in [-0.4, -0.2) is 22.6 Å². The van der Waals surface area contributed by atoms with E-state index < -0.39 is 11.7 Å². The van der Waals surface area contributed by atoms with E-state index in [-0.39, 0.29) is 11.7 Å². The molecule has 1 aliphatic heterocycles. The Hall–Kier alpha value is -2.02. The molecule has 0 radical (unpaired) electrons. The van der Waals surface area contributed by atoms with Crippen LogP contribution in [0.1, 0.15) is 24.4 Å². The summed E-state index contributed by atoms with van der Waals surface area (Å²) in [4.78, 5) is 14.7. The molecule has 0 aliphatic carbocycles. The van der Waals surface area contributed by atoms with Crippen LogP contribution in [0.25, 0.3) is 11.3 Å². The van der Waals surface area contributed by atoms with Crippen molar-refractivity contribution >= 4 is 0 Å². The number of rotatable bonds is 2. The molecule has 0 spiro atoms. The van der Waals surface area contributed by atoms with Gasteiger partial charge in [-0.15, -0.1) is 0 Å². The minimum atomic E-state index is -4.39. The van der Waals surface area contributed by atoms with Crippen LogP contribution in [-0.2, 0) is 6.18 Å². The van der Waals surface area contributed by atoms with Crippen LogP contribution in [0.5, 0.6) is 0 Å². The zero-order valence-electron chi connectivity index (χ0n) is 11.8. The highest BCUT2D eigenvalue weighted by Crippen LogP contribution is 2.31. The number of hydrogen-bond acceptors (Lipinski definition) is 2. The summed E-state index contributed by atoms with van der Waals surface area (Å²) in [5, 5.41) is 3.22. The van der Waals surface area contributed by atoms with E-state index in [0.717, 1.165) is 38.1 Å². The number of benzene rings is 1. The maximum atomic E-state index is 12.8. The molecule has 4 nitrogen and oxygen atoms in total. The molecule has 2 heterocycles. The third kappa shape index (κ3) is 2.94. The Kier molecular flexibility index (Phi) is 3.82. The molecule has 1 aromatic heterocycles. The van der Waals surface area contributed by atoms with E-state index >= 15 is 0 Å². The lowest BCUT2D eigenvalue weighted by Crippen LogP contribution is -2.32. The van der Waals surface area contributed by atoms with Crippen LogP contribution in [0.2, 0.25) is 0 Å². The molecule has 2 N–H and O–H groups in total. The van der Waals surface area contributed by atoms with Crippen molar-refractivity contribution < 1.29 is 13.2 Å². The summed E-state index contributed by atoms with van der Waals surface area (Å²) < 4.78 is 39.9. The summed E-state index contributed by atoms with van der Waals surface area (Å²) in [7, 11) is 0. The van der Waals surface area contributed by atoms with E-state index in [0.29, 0.717) is 11.3 Å². The topological polar surface area (TPSA) is 49.8 Å². The molecule has 0 bridgehead atoms. The first-order chi connectivity index (χ1) is 10.4. The van der Waals surface area contributed by atoms with Crippen molar-refractivity contribution in [2.45, 2.75) is 25.1 Å². The first kappa shape index (κ1) is 14.9. The van der Waals surface area contributed by atoms with Crippen LogP contribution in [0, 0.1) is 0 Å². The van der Waals surface area contributed by atoms with Gasteiger partial charge in [0.15, 0.2) is 0 Å². The lowest BCUT2D eigenvalue weighted by atomic mass is 10.1. The van der Waals surface area contributed by atoms with Gasteiger partial charge in [-0.2, -0.15) is 13.2 Å². The van der Waals surface area contributed by atoms with Crippen LogP contribution >= 0.6 is 0 Å². The van der Waals surface area contributed by atoms with E-state index in [2.05, 4.69) is 10.3 Å². The molecule has 1 fully saturated rings. The Morgan fingerprint density at radius 1 is 1.18 bits per heavy atom. The van der Waals surface area contributed by atoms with Crippen LogP contribution in [0.15, 0.2) is 35.3 Å². The molecule has 0 amide bonds. The first-order valence-corrected chi connectivity index (χ1v) is 7.14. The summed E-state index contributed by atoms with van der Waals surface area (Å²) >= 11 is 0. The fourth-order valence-corrected chi connectivity index (χ4v) is 2.78. The molecule has 3 rings (SSSR count). The lowest BCUT2D eigenvalue weighted by molar-refractivity contribution is -0.137. The summed E-state index contributed by atoms with van der Waals surface area (Å²) in [5.74, 6) is 0. The molecule has 1 aromatic carbocycles. The summed E-state index contributed by atoms with van der Waals surface area (Å²) in [6, 6.07) is 5.07. The zero-order valence-corrected chi connectivity index (χ0v) is 11.8. The molecule has 0 unspecified atom stereocenters. The second kappa shape index (κ2) is 5.64. The van der Waals surface area contributed by atoms with Gasteiger partial charge < -0.3 is 10.3 Å². The van der Waals surface area contributed by atoms with E-state index in [4.69, 9.17) is 0 Å². The van der Waals surface area contributed by atoms with Crippen molar-refractivity contribution in [2.24, 2.45) is 0 Å². The third-order valence-electron chi connectivity index (χ3n) is 3.95.